The van der Waals surface area contributed by atoms with Crippen LogP contribution in [-0.4, -0.2) is 23.7 Å². The molecule has 0 aromatic heterocycles. The molecule has 0 saturated heterocycles. The molecular weight excluding hydrogens is 202 g/mol. The van der Waals surface area contributed by atoms with Crippen LogP contribution in [0.2, 0.25) is 0 Å². The fourth-order valence-electron chi connectivity index (χ4n) is 2.72. The van der Waals surface area contributed by atoms with E-state index in [0.717, 1.165) is 19.4 Å². The molecule has 0 aliphatic heterocycles. The highest BCUT2D eigenvalue weighted by atomic mass is 16.4. The first kappa shape index (κ1) is 13.5. The SMILES string of the molecule is CCCC(NCC1(CC)CCCC1)C(=O)O. The highest BCUT2D eigenvalue weighted by Crippen LogP contribution is 2.40. The summed E-state index contributed by atoms with van der Waals surface area (Å²) in [5, 5.41) is 12.3. The van der Waals surface area contributed by atoms with E-state index in [2.05, 4.69) is 12.2 Å². The number of aliphatic carboxylic acids is 1. The fourth-order valence-corrected chi connectivity index (χ4v) is 2.72. The van der Waals surface area contributed by atoms with E-state index in [1.807, 2.05) is 6.92 Å². The molecule has 0 radical (unpaired) electrons. The Morgan fingerprint density at radius 3 is 2.44 bits per heavy atom. The van der Waals surface area contributed by atoms with E-state index in [9.17, 15) is 4.79 Å². The first-order valence-corrected chi connectivity index (χ1v) is 6.60. The van der Waals surface area contributed by atoms with E-state index in [4.69, 9.17) is 5.11 Å². The van der Waals surface area contributed by atoms with E-state index in [-0.39, 0.29) is 6.04 Å². The van der Waals surface area contributed by atoms with Gasteiger partial charge in [0.25, 0.3) is 0 Å². The van der Waals surface area contributed by atoms with Crippen LogP contribution in [0, 0.1) is 5.41 Å². The summed E-state index contributed by atoms with van der Waals surface area (Å²) < 4.78 is 0. The Bertz CT molecular complexity index is 222. The minimum absolute atomic E-state index is 0.353. The molecular formula is C13H25NO2. The zero-order valence-electron chi connectivity index (χ0n) is 10.6. The van der Waals surface area contributed by atoms with Crippen molar-refractivity contribution in [3.05, 3.63) is 0 Å². The molecule has 0 spiro atoms. The Balaban J connectivity index is 2.43. The quantitative estimate of drug-likeness (QED) is 0.703. The molecule has 1 aliphatic carbocycles. The van der Waals surface area contributed by atoms with Crippen LogP contribution in [0.4, 0.5) is 0 Å². The third kappa shape index (κ3) is 3.48. The highest BCUT2D eigenvalue weighted by molar-refractivity contribution is 5.73. The molecule has 0 heterocycles. The molecule has 0 amide bonds. The zero-order chi connectivity index (χ0) is 12.0. The Hall–Kier alpha value is -0.570. The van der Waals surface area contributed by atoms with Crippen LogP contribution in [0.3, 0.4) is 0 Å². The van der Waals surface area contributed by atoms with Crippen LogP contribution in [-0.2, 0) is 4.79 Å². The van der Waals surface area contributed by atoms with Gasteiger partial charge in [-0.15, -0.1) is 0 Å². The summed E-state index contributed by atoms with van der Waals surface area (Å²) in [5.74, 6) is -0.703. The molecule has 0 bridgehead atoms. The average Bonchev–Trinajstić information content (AvgIpc) is 2.73. The van der Waals surface area contributed by atoms with Crippen molar-refractivity contribution in [2.45, 2.75) is 64.8 Å². The number of hydrogen-bond acceptors (Lipinski definition) is 2. The summed E-state index contributed by atoms with van der Waals surface area (Å²) in [4.78, 5) is 11.0. The van der Waals surface area contributed by atoms with Crippen molar-refractivity contribution in [3.63, 3.8) is 0 Å². The van der Waals surface area contributed by atoms with Crippen molar-refractivity contribution >= 4 is 5.97 Å². The molecule has 1 saturated carbocycles. The van der Waals surface area contributed by atoms with Gasteiger partial charge >= 0.3 is 5.97 Å². The van der Waals surface area contributed by atoms with Crippen molar-refractivity contribution < 1.29 is 9.90 Å². The highest BCUT2D eigenvalue weighted by Gasteiger charge is 2.32. The second-order valence-electron chi connectivity index (χ2n) is 5.12. The molecule has 1 aliphatic rings. The monoisotopic (exact) mass is 227 g/mol. The number of carboxylic acid groups (broad SMARTS) is 1. The number of hydrogen-bond donors (Lipinski definition) is 2. The molecule has 1 atom stereocenters. The van der Waals surface area contributed by atoms with Crippen molar-refractivity contribution in [2.24, 2.45) is 5.41 Å². The smallest absolute Gasteiger partial charge is 0.320 e. The Kier molecular flexibility index (Phi) is 5.26. The first-order chi connectivity index (χ1) is 7.63. The lowest BCUT2D eigenvalue weighted by atomic mass is 9.83. The first-order valence-electron chi connectivity index (χ1n) is 6.60. The second kappa shape index (κ2) is 6.24. The van der Waals surface area contributed by atoms with Gasteiger partial charge in [0.1, 0.15) is 6.04 Å². The maximum Gasteiger partial charge on any atom is 0.320 e. The lowest BCUT2D eigenvalue weighted by molar-refractivity contribution is -0.139. The summed E-state index contributed by atoms with van der Waals surface area (Å²) >= 11 is 0. The van der Waals surface area contributed by atoms with Gasteiger partial charge in [0, 0.05) is 6.54 Å². The maximum atomic E-state index is 11.0. The summed E-state index contributed by atoms with van der Waals surface area (Å²) in [6.07, 6.45) is 7.95. The summed E-state index contributed by atoms with van der Waals surface area (Å²) in [6.45, 7) is 5.13. The van der Waals surface area contributed by atoms with Gasteiger partial charge < -0.3 is 10.4 Å². The molecule has 0 aromatic carbocycles. The number of nitrogens with one attached hydrogen (secondary N) is 1. The molecule has 2 N–H and O–H groups in total. The largest absolute Gasteiger partial charge is 0.480 e. The van der Waals surface area contributed by atoms with E-state index in [0.29, 0.717) is 5.41 Å². The van der Waals surface area contributed by atoms with Crippen molar-refractivity contribution in [3.8, 4) is 0 Å². The van der Waals surface area contributed by atoms with Crippen LogP contribution < -0.4 is 5.32 Å². The van der Waals surface area contributed by atoms with Gasteiger partial charge in [0.15, 0.2) is 0 Å². The van der Waals surface area contributed by atoms with Crippen LogP contribution in [0.15, 0.2) is 0 Å². The van der Waals surface area contributed by atoms with Crippen LogP contribution in [0.5, 0.6) is 0 Å². The van der Waals surface area contributed by atoms with E-state index in [1.54, 1.807) is 0 Å². The molecule has 16 heavy (non-hydrogen) atoms. The Morgan fingerprint density at radius 1 is 1.38 bits per heavy atom. The summed E-state index contributed by atoms with van der Waals surface area (Å²) in [7, 11) is 0. The number of carbonyl (C=O) groups is 1. The normalized spacial score (nSPS) is 20.9. The Morgan fingerprint density at radius 2 is 2.00 bits per heavy atom. The van der Waals surface area contributed by atoms with Gasteiger partial charge in [-0.1, -0.05) is 33.1 Å². The van der Waals surface area contributed by atoms with E-state index in [1.165, 1.54) is 32.1 Å². The zero-order valence-corrected chi connectivity index (χ0v) is 10.6. The van der Waals surface area contributed by atoms with Gasteiger partial charge in [0.2, 0.25) is 0 Å². The minimum atomic E-state index is -0.703. The lowest BCUT2D eigenvalue weighted by Crippen LogP contribution is -2.42. The third-order valence-corrected chi connectivity index (χ3v) is 4.01. The van der Waals surface area contributed by atoms with Gasteiger partial charge in [-0.05, 0) is 31.1 Å². The van der Waals surface area contributed by atoms with Crippen molar-refractivity contribution in [1.29, 1.82) is 0 Å². The average molecular weight is 227 g/mol. The lowest BCUT2D eigenvalue weighted by Gasteiger charge is -2.29. The summed E-state index contributed by atoms with van der Waals surface area (Å²) in [6, 6.07) is -0.353. The molecule has 3 heteroatoms. The molecule has 1 unspecified atom stereocenters. The van der Waals surface area contributed by atoms with Gasteiger partial charge in [-0.3, -0.25) is 4.79 Å². The topological polar surface area (TPSA) is 49.3 Å². The molecule has 3 nitrogen and oxygen atoms in total. The second-order valence-corrected chi connectivity index (χ2v) is 5.12. The van der Waals surface area contributed by atoms with Crippen LogP contribution in [0.25, 0.3) is 0 Å². The summed E-state index contributed by atoms with van der Waals surface area (Å²) in [5.41, 5.74) is 0.376. The molecule has 1 fully saturated rings. The molecule has 1 rings (SSSR count). The predicted molar refractivity (Wildman–Crippen MR) is 65.5 cm³/mol. The van der Waals surface area contributed by atoms with Crippen molar-refractivity contribution in [1.82, 2.24) is 5.32 Å². The van der Waals surface area contributed by atoms with Crippen LogP contribution in [0.1, 0.15) is 58.8 Å². The standard InChI is InChI=1S/C13H25NO2/c1-3-7-11(12(15)16)14-10-13(4-2)8-5-6-9-13/h11,14H,3-10H2,1-2H3,(H,15,16). The van der Waals surface area contributed by atoms with E-state index < -0.39 is 5.97 Å². The van der Waals surface area contributed by atoms with Gasteiger partial charge in [-0.2, -0.15) is 0 Å². The Labute approximate surface area is 98.6 Å². The van der Waals surface area contributed by atoms with Crippen LogP contribution >= 0.6 is 0 Å². The van der Waals surface area contributed by atoms with Crippen molar-refractivity contribution in [2.75, 3.05) is 6.54 Å². The van der Waals surface area contributed by atoms with E-state index >= 15 is 0 Å². The third-order valence-electron chi connectivity index (χ3n) is 4.01. The molecule has 0 aromatic rings. The fraction of sp³-hybridized carbons (Fsp3) is 0.923. The molecule has 94 valence electrons. The number of carboxylic acids is 1. The predicted octanol–water partition coefficient (Wildman–Crippen LogP) is 2.80. The minimum Gasteiger partial charge on any atom is -0.480 e. The van der Waals surface area contributed by atoms with Gasteiger partial charge in [-0.25, -0.2) is 0 Å². The number of rotatable bonds is 7. The van der Waals surface area contributed by atoms with Gasteiger partial charge in [0.05, 0.1) is 0 Å². The maximum absolute atomic E-state index is 11.0.